The molecular weight excluding hydrogens is 267 g/mol. The van der Waals surface area contributed by atoms with Crippen molar-refractivity contribution in [1.29, 1.82) is 0 Å². The van der Waals surface area contributed by atoms with E-state index in [4.69, 9.17) is 11.6 Å². The second-order valence-corrected chi connectivity index (χ2v) is 3.48. The third-order valence-electron chi connectivity index (χ3n) is 1.94. The molecule has 2 nitrogen and oxygen atoms in total. The molecular formula is C9H2ClF5N2. The highest BCUT2D eigenvalue weighted by Gasteiger charge is 2.35. The van der Waals surface area contributed by atoms with Gasteiger partial charge in [-0.3, -0.25) is 0 Å². The molecule has 0 aliphatic heterocycles. The van der Waals surface area contributed by atoms with Gasteiger partial charge in [0.25, 0.3) is 0 Å². The van der Waals surface area contributed by atoms with Gasteiger partial charge < -0.3 is 0 Å². The van der Waals surface area contributed by atoms with Crippen molar-refractivity contribution in [2.24, 2.45) is 0 Å². The van der Waals surface area contributed by atoms with E-state index in [-0.39, 0.29) is 5.39 Å². The van der Waals surface area contributed by atoms with Crippen LogP contribution in [0.25, 0.3) is 10.9 Å². The average Bonchev–Trinajstić information content (AvgIpc) is 2.19. The molecule has 1 aromatic carbocycles. The van der Waals surface area contributed by atoms with Crippen LogP contribution in [-0.4, -0.2) is 9.97 Å². The smallest absolute Gasteiger partial charge is 0.224 e. The number of hydrogen-bond acceptors (Lipinski definition) is 2. The molecule has 0 aliphatic rings. The molecule has 0 fully saturated rings. The Morgan fingerprint density at radius 1 is 1.00 bits per heavy atom. The molecule has 0 radical (unpaired) electrons. The molecule has 2 aromatic rings. The Bertz CT molecular complexity index is 596. The predicted octanol–water partition coefficient (Wildman–Crippen LogP) is 3.58. The molecule has 0 atom stereocenters. The summed E-state index contributed by atoms with van der Waals surface area (Å²) in [5.41, 5.74) is -0.406. The first kappa shape index (κ1) is 12.0. The zero-order valence-corrected chi connectivity index (χ0v) is 8.57. The fourth-order valence-electron chi connectivity index (χ4n) is 1.21. The lowest BCUT2D eigenvalue weighted by Gasteiger charge is -2.07. The quantitative estimate of drug-likeness (QED) is 0.539. The third-order valence-corrected chi connectivity index (χ3v) is 2.23. The van der Waals surface area contributed by atoms with E-state index in [2.05, 4.69) is 9.97 Å². The van der Waals surface area contributed by atoms with Crippen molar-refractivity contribution in [1.82, 2.24) is 9.97 Å². The van der Waals surface area contributed by atoms with Gasteiger partial charge in [-0.25, -0.2) is 18.7 Å². The highest BCUT2D eigenvalue weighted by Crippen LogP contribution is 2.30. The molecule has 0 N–H and O–H groups in total. The van der Waals surface area contributed by atoms with Crippen LogP contribution in [0.2, 0.25) is 5.15 Å². The molecule has 1 aromatic heterocycles. The van der Waals surface area contributed by atoms with Gasteiger partial charge in [0.1, 0.15) is 5.15 Å². The second-order valence-electron chi connectivity index (χ2n) is 3.12. The van der Waals surface area contributed by atoms with Gasteiger partial charge in [-0.05, 0) is 6.07 Å². The van der Waals surface area contributed by atoms with Gasteiger partial charge in [-0.2, -0.15) is 13.2 Å². The Hall–Kier alpha value is -1.50. The van der Waals surface area contributed by atoms with Gasteiger partial charge >= 0.3 is 6.18 Å². The fourth-order valence-corrected chi connectivity index (χ4v) is 1.44. The van der Waals surface area contributed by atoms with Crippen LogP contribution < -0.4 is 0 Å². The summed E-state index contributed by atoms with van der Waals surface area (Å²) in [6.45, 7) is 0. The molecule has 0 amide bonds. The van der Waals surface area contributed by atoms with Gasteiger partial charge in [-0.15, -0.1) is 0 Å². The maximum atomic E-state index is 12.9. The monoisotopic (exact) mass is 268 g/mol. The van der Waals surface area contributed by atoms with Gasteiger partial charge in [0.15, 0.2) is 11.6 Å². The number of aromatic nitrogens is 2. The van der Waals surface area contributed by atoms with Crippen molar-refractivity contribution in [3.8, 4) is 0 Å². The molecule has 90 valence electrons. The third kappa shape index (κ3) is 2.14. The van der Waals surface area contributed by atoms with Gasteiger partial charge in [0.2, 0.25) is 5.82 Å². The van der Waals surface area contributed by atoms with Crippen LogP contribution in [0.15, 0.2) is 12.1 Å². The molecule has 8 heteroatoms. The van der Waals surface area contributed by atoms with E-state index in [1.807, 2.05) is 0 Å². The lowest BCUT2D eigenvalue weighted by atomic mass is 10.2. The molecule has 17 heavy (non-hydrogen) atoms. The zero-order chi connectivity index (χ0) is 12.8. The van der Waals surface area contributed by atoms with E-state index < -0.39 is 34.3 Å². The molecule has 2 rings (SSSR count). The number of hydrogen-bond donors (Lipinski definition) is 0. The average molecular weight is 269 g/mol. The van der Waals surface area contributed by atoms with Crippen LogP contribution >= 0.6 is 11.6 Å². The van der Waals surface area contributed by atoms with Crippen LogP contribution in [0.3, 0.4) is 0 Å². The zero-order valence-electron chi connectivity index (χ0n) is 7.82. The van der Waals surface area contributed by atoms with Gasteiger partial charge in [-0.1, -0.05) is 11.6 Å². The lowest BCUT2D eigenvalue weighted by molar-refractivity contribution is -0.144. The highest BCUT2D eigenvalue weighted by molar-refractivity contribution is 6.34. The van der Waals surface area contributed by atoms with Crippen molar-refractivity contribution < 1.29 is 22.0 Å². The Morgan fingerprint density at radius 3 is 2.18 bits per heavy atom. The van der Waals surface area contributed by atoms with Gasteiger partial charge in [0.05, 0.1) is 5.52 Å². The fraction of sp³-hybridized carbons (Fsp3) is 0.111. The Balaban J connectivity index is 2.78. The van der Waals surface area contributed by atoms with E-state index in [0.29, 0.717) is 12.1 Å². The number of halogens is 6. The van der Waals surface area contributed by atoms with Crippen LogP contribution in [0.4, 0.5) is 22.0 Å². The first-order chi connectivity index (χ1) is 7.79. The first-order valence-electron chi connectivity index (χ1n) is 4.18. The van der Waals surface area contributed by atoms with Crippen molar-refractivity contribution >= 4 is 22.5 Å². The summed E-state index contributed by atoms with van der Waals surface area (Å²) < 4.78 is 62.7. The number of nitrogens with zero attached hydrogens (tertiary/aromatic N) is 2. The predicted molar refractivity (Wildman–Crippen MR) is 49.5 cm³/mol. The first-order valence-corrected chi connectivity index (χ1v) is 4.56. The largest absolute Gasteiger partial charge is 0.451 e. The summed E-state index contributed by atoms with van der Waals surface area (Å²) in [6.07, 6.45) is -4.80. The molecule has 1 heterocycles. The van der Waals surface area contributed by atoms with Crippen molar-refractivity contribution in [3.05, 3.63) is 34.7 Å². The number of benzene rings is 1. The standard InChI is InChI=1S/C9H2ClF5N2/c10-7-3-1-4(11)5(12)2-6(3)16-8(17-7)9(13,14)15/h1-2H. The SMILES string of the molecule is Fc1cc2nc(C(F)(F)F)nc(Cl)c2cc1F. The Morgan fingerprint density at radius 2 is 1.59 bits per heavy atom. The lowest BCUT2D eigenvalue weighted by Crippen LogP contribution is -2.11. The number of alkyl halides is 3. The summed E-state index contributed by atoms with van der Waals surface area (Å²) in [5, 5.41) is -0.764. The summed E-state index contributed by atoms with van der Waals surface area (Å²) in [7, 11) is 0. The topological polar surface area (TPSA) is 25.8 Å². The van der Waals surface area contributed by atoms with Crippen LogP contribution in [0, 0.1) is 11.6 Å². The number of rotatable bonds is 0. The van der Waals surface area contributed by atoms with E-state index >= 15 is 0 Å². The minimum Gasteiger partial charge on any atom is -0.224 e. The maximum absolute atomic E-state index is 12.9. The molecule has 0 bridgehead atoms. The minimum atomic E-state index is -4.80. The number of fused-ring (bicyclic) bond motifs is 1. The minimum absolute atomic E-state index is 0.182. The summed E-state index contributed by atoms with van der Waals surface area (Å²) in [6, 6.07) is 1.18. The summed E-state index contributed by atoms with van der Waals surface area (Å²) in [5.74, 6) is -4.04. The maximum Gasteiger partial charge on any atom is 0.451 e. The molecule has 0 saturated carbocycles. The van der Waals surface area contributed by atoms with E-state index in [1.165, 1.54) is 0 Å². The van der Waals surface area contributed by atoms with E-state index in [9.17, 15) is 22.0 Å². The molecule has 0 unspecified atom stereocenters. The van der Waals surface area contributed by atoms with Crippen molar-refractivity contribution in [2.45, 2.75) is 6.18 Å². The normalized spacial score (nSPS) is 12.1. The summed E-state index contributed by atoms with van der Waals surface area (Å²) in [4.78, 5) is 6.07. The Labute approximate surface area is 96.0 Å². The molecule has 0 saturated heterocycles. The Kier molecular flexibility index (Phi) is 2.65. The van der Waals surface area contributed by atoms with Crippen LogP contribution in [0.5, 0.6) is 0 Å². The van der Waals surface area contributed by atoms with Crippen LogP contribution in [0.1, 0.15) is 5.82 Å². The van der Waals surface area contributed by atoms with E-state index in [1.54, 1.807) is 0 Å². The van der Waals surface area contributed by atoms with E-state index in [0.717, 1.165) is 0 Å². The molecule has 0 spiro atoms. The van der Waals surface area contributed by atoms with Crippen molar-refractivity contribution in [3.63, 3.8) is 0 Å². The van der Waals surface area contributed by atoms with Crippen LogP contribution in [-0.2, 0) is 6.18 Å². The summed E-state index contributed by atoms with van der Waals surface area (Å²) >= 11 is 5.45. The highest BCUT2D eigenvalue weighted by atomic mass is 35.5. The van der Waals surface area contributed by atoms with Crippen molar-refractivity contribution in [2.75, 3.05) is 0 Å². The van der Waals surface area contributed by atoms with Gasteiger partial charge in [0, 0.05) is 11.5 Å². The second kappa shape index (κ2) is 3.76. The molecule has 0 aliphatic carbocycles.